The van der Waals surface area contributed by atoms with Gasteiger partial charge in [-0.2, -0.15) is 0 Å². The van der Waals surface area contributed by atoms with Gasteiger partial charge in [-0.3, -0.25) is 4.79 Å². The lowest BCUT2D eigenvalue weighted by Gasteiger charge is -2.19. The van der Waals surface area contributed by atoms with E-state index in [0.29, 0.717) is 48.0 Å². The molecule has 1 aliphatic rings. The van der Waals surface area contributed by atoms with Gasteiger partial charge in [0.2, 0.25) is 11.2 Å². The van der Waals surface area contributed by atoms with Gasteiger partial charge < -0.3 is 28.1 Å². The fourth-order valence-corrected chi connectivity index (χ4v) is 4.41. The second-order valence-electron chi connectivity index (χ2n) is 8.61. The third-order valence-corrected chi connectivity index (χ3v) is 6.28. The van der Waals surface area contributed by atoms with E-state index in [0.717, 1.165) is 0 Å². The first-order chi connectivity index (χ1) is 18.9. The molecular formula is C30H26O9. The number of carbonyl (C=O) groups excluding carboxylic acids is 2. The lowest BCUT2D eigenvalue weighted by Crippen LogP contribution is -2.17. The molecule has 4 aromatic rings. The number of aryl methyl sites for hydroxylation is 1. The number of rotatable bonds is 7. The third-order valence-electron chi connectivity index (χ3n) is 6.28. The third kappa shape index (κ3) is 4.90. The largest absolute Gasteiger partial charge is 0.496 e. The molecule has 1 aromatic heterocycles. The van der Waals surface area contributed by atoms with Gasteiger partial charge in [0.25, 0.3) is 0 Å². The van der Waals surface area contributed by atoms with Crippen molar-refractivity contribution in [2.24, 2.45) is 0 Å². The van der Waals surface area contributed by atoms with Crippen LogP contribution >= 0.6 is 0 Å². The summed E-state index contributed by atoms with van der Waals surface area (Å²) in [5, 5.41) is 0.224. The Morgan fingerprint density at radius 1 is 0.897 bits per heavy atom. The van der Waals surface area contributed by atoms with E-state index in [9.17, 15) is 14.4 Å². The molecule has 0 saturated carbocycles. The first kappa shape index (κ1) is 25.8. The molecule has 0 unspecified atom stereocenters. The van der Waals surface area contributed by atoms with Crippen molar-refractivity contribution in [3.05, 3.63) is 81.7 Å². The van der Waals surface area contributed by atoms with Crippen LogP contribution in [0.1, 0.15) is 40.3 Å². The van der Waals surface area contributed by atoms with E-state index in [1.54, 1.807) is 55.5 Å². The van der Waals surface area contributed by atoms with Crippen molar-refractivity contribution in [2.45, 2.75) is 20.3 Å². The Kier molecular flexibility index (Phi) is 7.23. The van der Waals surface area contributed by atoms with Crippen LogP contribution in [-0.2, 0) is 11.2 Å². The summed E-state index contributed by atoms with van der Waals surface area (Å²) in [5.74, 6) is -0.135. The summed E-state index contributed by atoms with van der Waals surface area (Å²) in [4.78, 5) is 39.8. The van der Waals surface area contributed by atoms with E-state index in [-0.39, 0.29) is 40.2 Å². The van der Waals surface area contributed by atoms with E-state index < -0.39 is 17.4 Å². The summed E-state index contributed by atoms with van der Waals surface area (Å²) in [6, 6.07) is 14.7. The maximum absolute atomic E-state index is 13.9. The second-order valence-corrected chi connectivity index (χ2v) is 8.61. The molecule has 0 atom stereocenters. The standard InChI is InChI=1S/C30H26O9/c1-4-17-14-20-24(16-23(17)39-29(32)19-8-6-7-9-21(19)34-3)38-28(30(33)35-5-2)26(27(20)31)18-10-11-22-25(15-18)37-13-12-36-22/h6-11,14-16H,4-5,12-13H2,1-3H3. The fraction of sp³-hybridized carbons (Fsp3) is 0.233. The molecule has 0 spiro atoms. The Bertz CT molecular complexity index is 1630. The molecule has 0 radical (unpaired) electrons. The predicted molar refractivity (Wildman–Crippen MR) is 142 cm³/mol. The summed E-state index contributed by atoms with van der Waals surface area (Å²) < 4.78 is 33.4. The van der Waals surface area contributed by atoms with Crippen LogP contribution in [0.3, 0.4) is 0 Å². The highest BCUT2D eigenvalue weighted by Gasteiger charge is 2.26. The normalized spacial score (nSPS) is 12.2. The number of carbonyl (C=O) groups is 2. The van der Waals surface area contributed by atoms with Gasteiger partial charge in [-0.05, 0) is 54.8 Å². The molecule has 200 valence electrons. The molecular weight excluding hydrogens is 504 g/mol. The average molecular weight is 531 g/mol. The van der Waals surface area contributed by atoms with Crippen LogP contribution in [0.25, 0.3) is 22.1 Å². The van der Waals surface area contributed by atoms with Gasteiger partial charge in [0.15, 0.2) is 11.5 Å². The minimum absolute atomic E-state index is 0.0405. The summed E-state index contributed by atoms with van der Waals surface area (Å²) in [5.41, 5.74) is 0.943. The topological polar surface area (TPSA) is 111 Å². The van der Waals surface area contributed by atoms with Crippen LogP contribution < -0.4 is 24.4 Å². The summed E-state index contributed by atoms with van der Waals surface area (Å²) >= 11 is 0. The average Bonchev–Trinajstić information content (AvgIpc) is 2.96. The van der Waals surface area contributed by atoms with Crippen LogP contribution in [0.2, 0.25) is 0 Å². The predicted octanol–water partition coefficient (Wildman–Crippen LogP) is 5.20. The van der Waals surface area contributed by atoms with Crippen LogP contribution in [0.4, 0.5) is 0 Å². The number of para-hydroxylation sites is 1. The van der Waals surface area contributed by atoms with Gasteiger partial charge >= 0.3 is 11.9 Å². The highest BCUT2D eigenvalue weighted by molar-refractivity contribution is 5.99. The van der Waals surface area contributed by atoms with Crippen molar-refractivity contribution in [1.82, 2.24) is 0 Å². The van der Waals surface area contributed by atoms with Crippen LogP contribution in [-0.4, -0.2) is 38.9 Å². The van der Waals surface area contributed by atoms with Crippen molar-refractivity contribution >= 4 is 22.9 Å². The van der Waals surface area contributed by atoms with Crippen molar-refractivity contribution in [2.75, 3.05) is 26.9 Å². The number of esters is 2. The Morgan fingerprint density at radius 2 is 1.67 bits per heavy atom. The zero-order valence-electron chi connectivity index (χ0n) is 21.7. The monoisotopic (exact) mass is 530 g/mol. The fourth-order valence-electron chi connectivity index (χ4n) is 4.41. The van der Waals surface area contributed by atoms with Gasteiger partial charge in [-0.15, -0.1) is 0 Å². The molecule has 0 fully saturated rings. The second kappa shape index (κ2) is 10.9. The molecule has 0 aliphatic carbocycles. The Hall–Kier alpha value is -4.79. The number of hydrogen-bond acceptors (Lipinski definition) is 9. The Labute approximate surface area is 223 Å². The van der Waals surface area contributed by atoms with Crippen molar-refractivity contribution < 1.29 is 37.7 Å². The van der Waals surface area contributed by atoms with E-state index in [1.165, 1.54) is 13.2 Å². The highest BCUT2D eigenvalue weighted by atomic mass is 16.6. The molecule has 9 nitrogen and oxygen atoms in total. The molecule has 3 aromatic carbocycles. The van der Waals surface area contributed by atoms with E-state index in [4.69, 9.17) is 28.1 Å². The molecule has 0 bridgehead atoms. The van der Waals surface area contributed by atoms with Gasteiger partial charge in [0.05, 0.1) is 24.7 Å². The van der Waals surface area contributed by atoms with Gasteiger partial charge in [-0.1, -0.05) is 25.1 Å². The number of ether oxygens (including phenoxy) is 5. The zero-order chi connectivity index (χ0) is 27.5. The molecule has 39 heavy (non-hydrogen) atoms. The summed E-state index contributed by atoms with van der Waals surface area (Å²) in [7, 11) is 1.46. The molecule has 2 heterocycles. The first-order valence-corrected chi connectivity index (χ1v) is 12.5. The van der Waals surface area contributed by atoms with Crippen molar-refractivity contribution in [1.29, 1.82) is 0 Å². The smallest absolute Gasteiger partial charge is 0.375 e. The molecule has 0 saturated heterocycles. The number of methoxy groups -OCH3 is 1. The zero-order valence-corrected chi connectivity index (χ0v) is 21.7. The van der Waals surface area contributed by atoms with Crippen LogP contribution in [0, 0.1) is 0 Å². The molecule has 5 rings (SSSR count). The minimum Gasteiger partial charge on any atom is -0.496 e. The number of hydrogen-bond donors (Lipinski definition) is 0. The van der Waals surface area contributed by atoms with Gasteiger partial charge in [-0.25, -0.2) is 9.59 Å². The first-order valence-electron chi connectivity index (χ1n) is 12.5. The SMILES string of the molecule is CCOC(=O)c1oc2cc(OC(=O)c3ccccc3OC)c(CC)cc2c(=O)c1-c1ccc2c(c1)OCCO2. The van der Waals surface area contributed by atoms with Crippen LogP contribution in [0.15, 0.2) is 63.8 Å². The molecule has 0 N–H and O–H groups in total. The molecule has 9 heteroatoms. The maximum atomic E-state index is 13.9. The number of benzene rings is 3. The highest BCUT2D eigenvalue weighted by Crippen LogP contribution is 2.36. The van der Waals surface area contributed by atoms with Gasteiger partial charge in [0, 0.05) is 6.07 Å². The van der Waals surface area contributed by atoms with E-state index in [2.05, 4.69) is 0 Å². The lowest BCUT2D eigenvalue weighted by molar-refractivity contribution is 0.0491. The Balaban J connectivity index is 1.66. The summed E-state index contributed by atoms with van der Waals surface area (Å²) in [6.45, 7) is 4.39. The molecule has 0 amide bonds. The van der Waals surface area contributed by atoms with Crippen molar-refractivity contribution in [3.8, 4) is 34.1 Å². The van der Waals surface area contributed by atoms with E-state index in [1.807, 2.05) is 6.92 Å². The van der Waals surface area contributed by atoms with E-state index >= 15 is 0 Å². The quantitative estimate of drug-likeness (QED) is 0.235. The minimum atomic E-state index is -0.798. The van der Waals surface area contributed by atoms with Crippen LogP contribution in [0.5, 0.6) is 23.0 Å². The molecule has 1 aliphatic heterocycles. The number of fused-ring (bicyclic) bond motifs is 2. The Morgan fingerprint density at radius 3 is 2.41 bits per heavy atom. The lowest BCUT2D eigenvalue weighted by atomic mass is 9.99. The van der Waals surface area contributed by atoms with Crippen molar-refractivity contribution in [3.63, 3.8) is 0 Å². The maximum Gasteiger partial charge on any atom is 0.375 e. The summed E-state index contributed by atoms with van der Waals surface area (Å²) in [6.07, 6.45) is 0.461. The van der Waals surface area contributed by atoms with Gasteiger partial charge in [0.1, 0.15) is 35.9 Å².